The van der Waals surface area contributed by atoms with Gasteiger partial charge in [-0.2, -0.15) is 0 Å². The molecule has 0 saturated heterocycles. The van der Waals surface area contributed by atoms with E-state index in [2.05, 4.69) is 10.3 Å². The molecule has 3 aromatic rings. The number of pyridine rings is 1. The molecule has 1 fully saturated rings. The highest BCUT2D eigenvalue weighted by Gasteiger charge is 2.36. The molecular weight excluding hydrogens is 445 g/mol. The average Bonchev–Trinajstić information content (AvgIpc) is 2.89. The van der Waals surface area contributed by atoms with E-state index < -0.39 is 23.7 Å². The number of aromatic nitrogens is 1. The maximum absolute atomic E-state index is 15.2. The summed E-state index contributed by atoms with van der Waals surface area (Å²) in [4.78, 5) is 33.2. The number of amides is 2. The van der Waals surface area contributed by atoms with Crippen molar-refractivity contribution in [3.8, 4) is 5.75 Å². The molecule has 1 aliphatic carbocycles. The second-order valence-corrected chi connectivity index (χ2v) is 8.59. The van der Waals surface area contributed by atoms with Gasteiger partial charge in [0.05, 0.1) is 6.61 Å². The van der Waals surface area contributed by atoms with Crippen LogP contribution in [0.3, 0.4) is 0 Å². The third-order valence-electron chi connectivity index (χ3n) is 6.17. The number of nitrogens with zero attached hydrogens (tertiary/aromatic N) is 2. The first-order valence-electron chi connectivity index (χ1n) is 12.1. The number of nitrogens with one attached hydrogen (secondary N) is 1. The number of hydrogen-bond acceptors (Lipinski definition) is 4. The molecule has 7 heteroatoms. The van der Waals surface area contributed by atoms with Gasteiger partial charge in [-0.3, -0.25) is 19.5 Å². The van der Waals surface area contributed by atoms with E-state index >= 15 is 4.39 Å². The number of carbonyl (C=O) groups excluding carboxylic acids is 2. The summed E-state index contributed by atoms with van der Waals surface area (Å²) in [6, 6.07) is 16.8. The summed E-state index contributed by atoms with van der Waals surface area (Å²) < 4.78 is 20.8. The molecule has 2 aromatic carbocycles. The second-order valence-electron chi connectivity index (χ2n) is 8.59. The van der Waals surface area contributed by atoms with Crippen molar-refractivity contribution < 1.29 is 18.7 Å². The van der Waals surface area contributed by atoms with E-state index in [0.29, 0.717) is 18.0 Å². The Kier molecular flexibility index (Phi) is 8.08. The Labute approximate surface area is 205 Å². The Bertz CT molecular complexity index is 1150. The number of carbonyl (C=O) groups is 2. The lowest BCUT2D eigenvalue weighted by molar-refractivity contribution is -0.123. The molecule has 0 bridgehead atoms. The van der Waals surface area contributed by atoms with Gasteiger partial charge in [-0.05, 0) is 50.1 Å². The van der Waals surface area contributed by atoms with Crippen LogP contribution in [0.1, 0.15) is 61.1 Å². The molecule has 1 heterocycles. The van der Waals surface area contributed by atoms with Crippen LogP contribution >= 0.6 is 0 Å². The quantitative estimate of drug-likeness (QED) is 0.470. The molecule has 0 radical (unpaired) electrons. The minimum atomic E-state index is -1.23. The fraction of sp³-hybridized carbons (Fsp3) is 0.321. The van der Waals surface area contributed by atoms with Crippen LogP contribution in [-0.4, -0.2) is 29.4 Å². The molecule has 0 aliphatic heterocycles. The van der Waals surface area contributed by atoms with Crippen molar-refractivity contribution in [2.45, 2.75) is 51.1 Å². The Morgan fingerprint density at radius 2 is 1.83 bits per heavy atom. The average molecular weight is 476 g/mol. The van der Waals surface area contributed by atoms with E-state index in [1.54, 1.807) is 60.7 Å². The summed E-state index contributed by atoms with van der Waals surface area (Å²) in [5, 5.41) is 3.09. The predicted molar refractivity (Wildman–Crippen MR) is 133 cm³/mol. The summed E-state index contributed by atoms with van der Waals surface area (Å²) in [7, 11) is 0. The molecule has 2 amide bonds. The summed E-state index contributed by atoms with van der Waals surface area (Å²) in [6.07, 6.45) is 6.44. The summed E-state index contributed by atoms with van der Waals surface area (Å²) in [5.74, 6) is -0.945. The number of ether oxygens (including phenoxy) is 1. The van der Waals surface area contributed by atoms with Crippen molar-refractivity contribution in [2.75, 3.05) is 11.5 Å². The van der Waals surface area contributed by atoms with E-state index in [1.165, 1.54) is 17.2 Å². The van der Waals surface area contributed by atoms with E-state index in [4.69, 9.17) is 4.74 Å². The van der Waals surface area contributed by atoms with Crippen LogP contribution in [0.2, 0.25) is 0 Å². The fourth-order valence-electron chi connectivity index (χ4n) is 4.51. The van der Waals surface area contributed by atoms with Crippen molar-refractivity contribution in [2.24, 2.45) is 0 Å². The first kappa shape index (κ1) is 24.4. The van der Waals surface area contributed by atoms with Crippen LogP contribution in [0.5, 0.6) is 5.75 Å². The molecular formula is C28H30FN3O3. The number of halogens is 1. The molecule has 1 saturated carbocycles. The van der Waals surface area contributed by atoms with Crippen molar-refractivity contribution in [3.05, 3.63) is 90.0 Å². The van der Waals surface area contributed by atoms with Crippen LogP contribution < -0.4 is 15.0 Å². The van der Waals surface area contributed by atoms with Gasteiger partial charge in [0.2, 0.25) is 5.91 Å². The lowest BCUT2D eigenvalue weighted by atomic mass is 9.94. The molecule has 1 aromatic heterocycles. The lowest BCUT2D eigenvalue weighted by Gasteiger charge is -2.33. The Morgan fingerprint density at radius 1 is 1.06 bits per heavy atom. The number of anilines is 1. The van der Waals surface area contributed by atoms with Gasteiger partial charge in [-0.25, -0.2) is 4.39 Å². The third-order valence-corrected chi connectivity index (χ3v) is 6.17. The summed E-state index contributed by atoms with van der Waals surface area (Å²) in [5.41, 5.74) is 0.687. The first-order valence-corrected chi connectivity index (χ1v) is 12.1. The van der Waals surface area contributed by atoms with Crippen molar-refractivity contribution >= 4 is 17.5 Å². The molecule has 0 unspecified atom stereocenters. The maximum Gasteiger partial charge on any atom is 0.277 e. The Hall–Kier alpha value is -3.74. The zero-order valence-corrected chi connectivity index (χ0v) is 19.8. The van der Waals surface area contributed by atoms with Gasteiger partial charge in [0.15, 0.2) is 0 Å². The van der Waals surface area contributed by atoms with Gasteiger partial charge in [-0.15, -0.1) is 0 Å². The Morgan fingerprint density at radius 3 is 2.54 bits per heavy atom. The van der Waals surface area contributed by atoms with E-state index in [0.717, 1.165) is 32.1 Å². The minimum Gasteiger partial charge on any atom is -0.494 e. The van der Waals surface area contributed by atoms with Gasteiger partial charge in [0.25, 0.3) is 5.91 Å². The first-order chi connectivity index (χ1) is 17.1. The van der Waals surface area contributed by atoms with Crippen molar-refractivity contribution in [1.82, 2.24) is 10.3 Å². The van der Waals surface area contributed by atoms with Crippen LogP contribution in [0.4, 0.5) is 10.1 Å². The van der Waals surface area contributed by atoms with E-state index in [9.17, 15) is 9.59 Å². The zero-order chi connectivity index (χ0) is 24.6. The van der Waals surface area contributed by atoms with Crippen LogP contribution in [0, 0.1) is 5.82 Å². The highest BCUT2D eigenvalue weighted by atomic mass is 19.1. The van der Waals surface area contributed by atoms with E-state index in [1.807, 2.05) is 6.92 Å². The molecule has 182 valence electrons. The lowest BCUT2D eigenvalue weighted by Crippen LogP contribution is -2.47. The maximum atomic E-state index is 15.2. The smallest absolute Gasteiger partial charge is 0.277 e. The minimum absolute atomic E-state index is 0.00733. The molecule has 1 atom stereocenters. The number of rotatable bonds is 8. The zero-order valence-electron chi connectivity index (χ0n) is 19.8. The SMILES string of the molecule is CCOc1cccc(N(C(=O)c2ccccn2)[C@H](C(=O)NC2CCCCC2)c2ccccc2F)c1. The molecule has 0 spiro atoms. The number of hydrogen-bond donors (Lipinski definition) is 1. The van der Waals surface area contributed by atoms with E-state index in [-0.39, 0.29) is 17.3 Å². The van der Waals surface area contributed by atoms with Gasteiger partial charge < -0.3 is 10.1 Å². The molecule has 1 N–H and O–H groups in total. The Balaban J connectivity index is 1.83. The van der Waals surface area contributed by atoms with Crippen molar-refractivity contribution in [3.63, 3.8) is 0 Å². The molecule has 1 aliphatic rings. The van der Waals surface area contributed by atoms with Crippen LogP contribution in [0.15, 0.2) is 72.9 Å². The molecule has 35 heavy (non-hydrogen) atoms. The normalized spacial score (nSPS) is 14.7. The summed E-state index contributed by atoms with van der Waals surface area (Å²) >= 11 is 0. The summed E-state index contributed by atoms with van der Waals surface area (Å²) in [6.45, 7) is 2.31. The topological polar surface area (TPSA) is 71.5 Å². The van der Waals surface area contributed by atoms with Crippen LogP contribution in [0.25, 0.3) is 0 Å². The van der Waals surface area contributed by atoms with Crippen molar-refractivity contribution in [1.29, 1.82) is 0 Å². The standard InChI is InChI=1S/C28H30FN3O3/c1-2-35-22-14-10-13-21(19-22)32(28(34)25-17-8-9-18-30-25)26(23-15-6-7-16-24(23)29)27(33)31-20-11-4-3-5-12-20/h6-10,13-20,26H,2-5,11-12H2,1H3,(H,31,33)/t26-/m0/s1. The number of benzene rings is 2. The monoisotopic (exact) mass is 475 g/mol. The van der Waals surface area contributed by atoms with Gasteiger partial charge in [0.1, 0.15) is 23.3 Å². The molecule has 4 rings (SSSR count). The molecule has 6 nitrogen and oxygen atoms in total. The highest BCUT2D eigenvalue weighted by molar-refractivity contribution is 6.09. The van der Waals surface area contributed by atoms with Gasteiger partial charge in [-0.1, -0.05) is 49.6 Å². The van der Waals surface area contributed by atoms with Gasteiger partial charge in [0, 0.05) is 29.6 Å². The highest BCUT2D eigenvalue weighted by Crippen LogP contribution is 2.33. The third kappa shape index (κ3) is 5.85. The van der Waals surface area contributed by atoms with Gasteiger partial charge >= 0.3 is 0 Å². The second kappa shape index (κ2) is 11.6. The van der Waals surface area contributed by atoms with Crippen LogP contribution in [-0.2, 0) is 4.79 Å². The largest absolute Gasteiger partial charge is 0.494 e. The fourth-order valence-corrected chi connectivity index (χ4v) is 4.51. The predicted octanol–water partition coefficient (Wildman–Crippen LogP) is 5.46.